The van der Waals surface area contributed by atoms with Gasteiger partial charge in [-0.15, -0.1) is 0 Å². The number of phenols is 1. The lowest BCUT2D eigenvalue weighted by Gasteiger charge is -2.26. The zero-order chi connectivity index (χ0) is 11.0. The van der Waals surface area contributed by atoms with Crippen molar-refractivity contribution >= 4 is 0 Å². The molecule has 2 heteroatoms. The first-order valence-corrected chi connectivity index (χ1v) is 6.33. The lowest BCUT2D eigenvalue weighted by atomic mass is 10.1. The average Bonchev–Trinajstić information content (AvgIpc) is 2.90. The van der Waals surface area contributed by atoms with Crippen molar-refractivity contribution in [2.45, 2.75) is 31.7 Å². The molecule has 1 aliphatic carbocycles. The van der Waals surface area contributed by atoms with Gasteiger partial charge >= 0.3 is 0 Å². The number of fused-ring (bicyclic) bond motifs is 2. The molecule has 16 heavy (non-hydrogen) atoms. The van der Waals surface area contributed by atoms with Crippen molar-refractivity contribution in [2.24, 2.45) is 5.92 Å². The van der Waals surface area contributed by atoms with Crippen LogP contribution in [0.2, 0.25) is 0 Å². The minimum absolute atomic E-state index is 0.365. The molecule has 2 unspecified atom stereocenters. The third-order valence-corrected chi connectivity index (χ3v) is 4.15. The number of hydrogen-bond donors (Lipinski definition) is 1. The lowest BCUT2D eigenvalue weighted by Crippen LogP contribution is -2.33. The SMILES string of the molecule is Oc1ccc(CCN2CC3CCC2C3)cc1. The first-order chi connectivity index (χ1) is 7.81. The monoisotopic (exact) mass is 217 g/mol. The third kappa shape index (κ3) is 1.94. The molecule has 0 aromatic heterocycles. The number of phenolic OH excluding ortho intramolecular Hbond substituents is 1. The molecule has 2 atom stereocenters. The van der Waals surface area contributed by atoms with Crippen LogP contribution in [0.1, 0.15) is 24.8 Å². The van der Waals surface area contributed by atoms with E-state index in [2.05, 4.69) is 4.90 Å². The average molecular weight is 217 g/mol. The fourth-order valence-electron chi connectivity index (χ4n) is 3.24. The van der Waals surface area contributed by atoms with Crippen molar-refractivity contribution in [3.8, 4) is 5.75 Å². The van der Waals surface area contributed by atoms with Crippen LogP contribution in [0.3, 0.4) is 0 Å². The van der Waals surface area contributed by atoms with Gasteiger partial charge in [0.1, 0.15) is 5.75 Å². The van der Waals surface area contributed by atoms with Crippen LogP contribution in [0.25, 0.3) is 0 Å². The minimum Gasteiger partial charge on any atom is -0.508 e. The summed E-state index contributed by atoms with van der Waals surface area (Å²) >= 11 is 0. The van der Waals surface area contributed by atoms with Gasteiger partial charge in [-0.3, -0.25) is 4.90 Å². The highest BCUT2D eigenvalue weighted by Gasteiger charge is 2.36. The van der Waals surface area contributed by atoms with E-state index in [-0.39, 0.29) is 0 Å². The maximum Gasteiger partial charge on any atom is 0.115 e. The summed E-state index contributed by atoms with van der Waals surface area (Å²) < 4.78 is 0. The minimum atomic E-state index is 0.365. The summed E-state index contributed by atoms with van der Waals surface area (Å²) in [7, 11) is 0. The van der Waals surface area contributed by atoms with Gasteiger partial charge in [-0.05, 0) is 49.3 Å². The Morgan fingerprint density at radius 1 is 1.19 bits per heavy atom. The highest BCUT2D eigenvalue weighted by molar-refractivity contribution is 5.26. The van der Waals surface area contributed by atoms with E-state index in [1.54, 1.807) is 12.1 Å². The molecule has 1 aromatic carbocycles. The van der Waals surface area contributed by atoms with Crippen molar-refractivity contribution in [3.05, 3.63) is 29.8 Å². The van der Waals surface area contributed by atoms with E-state index in [1.807, 2.05) is 12.1 Å². The van der Waals surface area contributed by atoms with E-state index in [9.17, 15) is 5.11 Å². The number of benzene rings is 1. The normalized spacial score (nSPS) is 28.8. The number of likely N-dealkylation sites (tertiary alicyclic amines) is 1. The largest absolute Gasteiger partial charge is 0.508 e. The molecule has 2 aliphatic rings. The maximum atomic E-state index is 9.21. The summed E-state index contributed by atoms with van der Waals surface area (Å²) in [5, 5.41) is 9.21. The Bertz CT molecular complexity index is 360. The van der Waals surface area contributed by atoms with Gasteiger partial charge in [-0.2, -0.15) is 0 Å². The fraction of sp³-hybridized carbons (Fsp3) is 0.571. The van der Waals surface area contributed by atoms with Gasteiger partial charge in [0.25, 0.3) is 0 Å². The maximum absolute atomic E-state index is 9.21. The summed E-state index contributed by atoms with van der Waals surface area (Å²) in [5.74, 6) is 1.36. The molecule has 2 nitrogen and oxygen atoms in total. The van der Waals surface area contributed by atoms with E-state index in [1.165, 1.54) is 37.9 Å². The Hall–Kier alpha value is -1.02. The van der Waals surface area contributed by atoms with Crippen LogP contribution in [0.4, 0.5) is 0 Å². The summed E-state index contributed by atoms with van der Waals surface area (Å²) in [5.41, 5.74) is 1.33. The Morgan fingerprint density at radius 2 is 2.00 bits per heavy atom. The van der Waals surface area contributed by atoms with Crippen LogP contribution < -0.4 is 0 Å². The molecule has 1 saturated carbocycles. The molecule has 0 amide bonds. The topological polar surface area (TPSA) is 23.5 Å². The van der Waals surface area contributed by atoms with Crippen LogP contribution in [-0.2, 0) is 6.42 Å². The Morgan fingerprint density at radius 3 is 2.62 bits per heavy atom. The number of aromatic hydroxyl groups is 1. The molecule has 0 radical (unpaired) electrons. The first-order valence-electron chi connectivity index (χ1n) is 6.33. The summed E-state index contributed by atoms with van der Waals surface area (Å²) in [4.78, 5) is 2.65. The molecular weight excluding hydrogens is 198 g/mol. The molecule has 1 aromatic rings. The van der Waals surface area contributed by atoms with E-state index in [0.29, 0.717) is 5.75 Å². The van der Waals surface area contributed by atoms with E-state index >= 15 is 0 Å². The summed E-state index contributed by atoms with van der Waals surface area (Å²) in [6.45, 7) is 2.51. The number of nitrogens with zero attached hydrogens (tertiary/aromatic N) is 1. The van der Waals surface area contributed by atoms with Gasteiger partial charge in [-0.25, -0.2) is 0 Å². The number of piperidine rings is 1. The van der Waals surface area contributed by atoms with E-state index in [0.717, 1.165) is 18.4 Å². The third-order valence-electron chi connectivity index (χ3n) is 4.15. The molecule has 2 bridgehead atoms. The van der Waals surface area contributed by atoms with Gasteiger partial charge in [0.2, 0.25) is 0 Å². The standard InChI is InChI=1S/C14H19NO/c16-14-5-2-11(3-6-14)7-8-15-10-12-1-4-13(15)9-12/h2-3,5-6,12-13,16H,1,4,7-10H2. The van der Waals surface area contributed by atoms with Gasteiger partial charge in [-0.1, -0.05) is 12.1 Å². The predicted molar refractivity (Wildman–Crippen MR) is 64.5 cm³/mol. The second-order valence-corrected chi connectivity index (χ2v) is 5.24. The van der Waals surface area contributed by atoms with Crippen LogP contribution >= 0.6 is 0 Å². The molecule has 2 fully saturated rings. The quantitative estimate of drug-likeness (QED) is 0.840. The molecule has 0 spiro atoms. The number of hydrogen-bond acceptors (Lipinski definition) is 2. The molecular formula is C14H19NO. The van der Waals surface area contributed by atoms with Crippen LogP contribution in [-0.4, -0.2) is 29.1 Å². The van der Waals surface area contributed by atoms with Gasteiger partial charge in [0, 0.05) is 19.1 Å². The zero-order valence-electron chi connectivity index (χ0n) is 9.60. The van der Waals surface area contributed by atoms with Crippen LogP contribution in [0.5, 0.6) is 5.75 Å². The molecule has 1 N–H and O–H groups in total. The van der Waals surface area contributed by atoms with Gasteiger partial charge in [0.15, 0.2) is 0 Å². The van der Waals surface area contributed by atoms with Gasteiger partial charge in [0.05, 0.1) is 0 Å². The van der Waals surface area contributed by atoms with Crippen molar-refractivity contribution in [1.29, 1.82) is 0 Å². The van der Waals surface area contributed by atoms with E-state index in [4.69, 9.17) is 0 Å². The predicted octanol–water partition coefficient (Wildman–Crippen LogP) is 2.42. The van der Waals surface area contributed by atoms with Crippen molar-refractivity contribution < 1.29 is 5.11 Å². The Kier molecular flexibility index (Phi) is 2.60. The Balaban J connectivity index is 1.55. The summed E-state index contributed by atoms with van der Waals surface area (Å²) in [6.07, 6.45) is 5.43. The Labute approximate surface area is 96.9 Å². The van der Waals surface area contributed by atoms with Crippen LogP contribution in [0, 0.1) is 5.92 Å². The summed E-state index contributed by atoms with van der Waals surface area (Å²) in [6, 6.07) is 8.51. The fourth-order valence-corrected chi connectivity index (χ4v) is 3.24. The number of rotatable bonds is 3. The molecule has 1 heterocycles. The highest BCUT2D eigenvalue weighted by Crippen LogP contribution is 2.37. The second-order valence-electron chi connectivity index (χ2n) is 5.24. The smallest absolute Gasteiger partial charge is 0.115 e. The first kappa shape index (κ1) is 10.2. The van der Waals surface area contributed by atoms with Gasteiger partial charge < -0.3 is 5.11 Å². The molecule has 86 valence electrons. The lowest BCUT2D eigenvalue weighted by molar-refractivity contribution is 0.216. The molecule has 1 saturated heterocycles. The van der Waals surface area contributed by atoms with Crippen molar-refractivity contribution in [3.63, 3.8) is 0 Å². The highest BCUT2D eigenvalue weighted by atomic mass is 16.3. The second kappa shape index (κ2) is 4.10. The zero-order valence-corrected chi connectivity index (χ0v) is 9.60. The van der Waals surface area contributed by atoms with Crippen molar-refractivity contribution in [2.75, 3.05) is 13.1 Å². The molecule has 1 aliphatic heterocycles. The van der Waals surface area contributed by atoms with E-state index < -0.39 is 0 Å². The van der Waals surface area contributed by atoms with Crippen molar-refractivity contribution in [1.82, 2.24) is 4.90 Å². The molecule has 3 rings (SSSR count). The van der Waals surface area contributed by atoms with Crippen LogP contribution in [0.15, 0.2) is 24.3 Å².